The number of nitrogens with one attached hydrogen (secondary N) is 2. The van der Waals surface area contributed by atoms with Gasteiger partial charge in [-0.3, -0.25) is 15.0 Å². The van der Waals surface area contributed by atoms with Crippen LogP contribution in [-0.2, 0) is 25.6 Å². The average molecular weight is 634 g/mol. The first-order chi connectivity index (χ1) is 22.1. The van der Waals surface area contributed by atoms with Crippen LogP contribution in [0.4, 0.5) is 10.5 Å². The molecule has 7 atom stereocenters. The van der Waals surface area contributed by atoms with Gasteiger partial charge in [0.25, 0.3) is 0 Å². The Bertz CT molecular complexity index is 1320. The molecule has 0 unspecified atom stereocenters. The van der Waals surface area contributed by atoms with Gasteiger partial charge in [-0.25, -0.2) is 4.79 Å². The first kappa shape index (κ1) is 34.1. The quantitative estimate of drug-likeness (QED) is 0.266. The number of benzene rings is 2. The maximum absolute atomic E-state index is 13.7. The topological polar surface area (TPSA) is 109 Å². The Morgan fingerprint density at radius 3 is 2.37 bits per heavy atom. The van der Waals surface area contributed by atoms with Crippen LogP contribution in [0.5, 0.6) is 0 Å². The van der Waals surface area contributed by atoms with E-state index in [1.54, 1.807) is 12.1 Å². The first-order valence-corrected chi connectivity index (χ1v) is 16.8. The molecule has 3 aliphatic rings. The van der Waals surface area contributed by atoms with E-state index < -0.39 is 12.4 Å². The van der Waals surface area contributed by atoms with Gasteiger partial charge in [-0.1, -0.05) is 68.8 Å². The molecule has 9 nitrogen and oxygen atoms in total. The van der Waals surface area contributed by atoms with E-state index in [4.69, 9.17) is 14.2 Å². The van der Waals surface area contributed by atoms with Gasteiger partial charge in [-0.2, -0.15) is 0 Å². The number of carbonyl (C=O) groups is 2. The van der Waals surface area contributed by atoms with Crippen LogP contribution in [0.15, 0.2) is 61.2 Å². The molecule has 2 aliphatic heterocycles. The summed E-state index contributed by atoms with van der Waals surface area (Å²) in [7, 11) is 0. The normalized spacial score (nSPS) is 28.5. The number of hydrogen-bond acceptors (Lipinski definition) is 7. The highest BCUT2D eigenvalue weighted by atomic mass is 16.7. The van der Waals surface area contributed by atoms with Crippen molar-refractivity contribution in [1.29, 1.82) is 0 Å². The number of anilines is 1. The third-order valence-corrected chi connectivity index (χ3v) is 9.58. The molecular formula is C37H51N3O6. The van der Waals surface area contributed by atoms with Crippen molar-refractivity contribution >= 4 is 17.7 Å². The fourth-order valence-electron chi connectivity index (χ4n) is 7.28. The summed E-state index contributed by atoms with van der Waals surface area (Å²) in [6.07, 6.45) is 6.51. The van der Waals surface area contributed by atoms with Gasteiger partial charge in [0.05, 0.1) is 24.9 Å². The standard InChI is InChI=1S/C37H51N3O6/c1-6-21-44-36(43)38-29-18-15-28(16-19-29)35-45-32(24(2)33(46-35)27-13-11-25(23-41)12-14-27)22-40-30-10-8-7-9-26(30)17-20-31(40)34(42)39-37(3,4)5/h6,11-16,18-19,24,26,30-33,35,41H,1,7-10,17,20-23H2,2-5H3,(H,38,43)(H,39,42)/t24-,26-,30-,31-,32+,33+,35+/m1/s1. The Morgan fingerprint density at radius 2 is 1.70 bits per heavy atom. The molecule has 0 spiro atoms. The molecule has 46 heavy (non-hydrogen) atoms. The van der Waals surface area contributed by atoms with E-state index in [0.717, 1.165) is 36.0 Å². The van der Waals surface area contributed by atoms with E-state index in [2.05, 4.69) is 29.0 Å². The number of aliphatic hydroxyl groups excluding tert-OH is 1. The summed E-state index contributed by atoms with van der Waals surface area (Å²) in [5.74, 6) is 0.684. The van der Waals surface area contributed by atoms with E-state index in [-0.39, 0.29) is 48.8 Å². The minimum absolute atomic E-state index is 0.00732. The van der Waals surface area contributed by atoms with Crippen molar-refractivity contribution in [3.8, 4) is 0 Å². The molecule has 3 N–H and O–H groups in total. The van der Waals surface area contributed by atoms with Crippen molar-refractivity contribution in [2.24, 2.45) is 11.8 Å². The van der Waals surface area contributed by atoms with Gasteiger partial charge < -0.3 is 24.6 Å². The molecule has 9 heteroatoms. The molecule has 2 amide bonds. The van der Waals surface area contributed by atoms with Crippen molar-refractivity contribution in [3.63, 3.8) is 0 Å². The Balaban J connectivity index is 1.42. The largest absolute Gasteiger partial charge is 0.445 e. The van der Waals surface area contributed by atoms with Crippen LogP contribution in [0.1, 0.15) is 95.3 Å². The number of hydrogen-bond donors (Lipinski definition) is 3. The van der Waals surface area contributed by atoms with Gasteiger partial charge >= 0.3 is 6.09 Å². The first-order valence-electron chi connectivity index (χ1n) is 16.8. The lowest BCUT2D eigenvalue weighted by molar-refractivity contribution is -0.278. The molecule has 2 aromatic carbocycles. The summed E-state index contributed by atoms with van der Waals surface area (Å²) < 4.78 is 18.5. The Hall–Kier alpha value is -3.24. The second kappa shape index (κ2) is 15.1. The molecule has 2 aromatic rings. The zero-order chi connectivity index (χ0) is 32.8. The van der Waals surface area contributed by atoms with Gasteiger partial charge in [0.15, 0.2) is 6.29 Å². The number of fused-ring (bicyclic) bond motifs is 1. The number of ether oxygens (including phenoxy) is 3. The van der Waals surface area contributed by atoms with Gasteiger partial charge in [0.1, 0.15) is 6.61 Å². The minimum Gasteiger partial charge on any atom is -0.445 e. The van der Waals surface area contributed by atoms with Gasteiger partial charge in [-0.15, -0.1) is 0 Å². The van der Waals surface area contributed by atoms with Gasteiger partial charge in [-0.05, 0) is 75.6 Å². The minimum atomic E-state index is -0.653. The molecule has 3 fully saturated rings. The third kappa shape index (κ3) is 8.37. The zero-order valence-electron chi connectivity index (χ0n) is 27.7. The highest BCUT2D eigenvalue weighted by Crippen LogP contribution is 2.44. The van der Waals surface area contributed by atoms with Crippen molar-refractivity contribution in [3.05, 3.63) is 77.9 Å². The molecule has 0 radical (unpaired) electrons. The second-order valence-electron chi connectivity index (χ2n) is 14.1. The van der Waals surface area contributed by atoms with Crippen molar-refractivity contribution < 1.29 is 28.9 Å². The fraction of sp³-hybridized carbons (Fsp3) is 0.568. The highest BCUT2D eigenvalue weighted by Gasteiger charge is 2.46. The summed E-state index contributed by atoms with van der Waals surface area (Å²) in [4.78, 5) is 28.2. The lowest BCUT2D eigenvalue weighted by atomic mass is 9.75. The second-order valence-corrected chi connectivity index (χ2v) is 14.1. The SMILES string of the molecule is C=CCOC(=O)Nc1ccc([C@H]2O[C@@H](CN3[C@@H](C(=O)NC(C)(C)C)CC[C@H]4CCCC[C@H]43)[C@@H](C)[C@@H](c3ccc(CO)cc3)O2)cc1. The maximum Gasteiger partial charge on any atom is 0.411 e. The molecule has 0 aromatic heterocycles. The third-order valence-electron chi connectivity index (χ3n) is 9.58. The number of likely N-dealkylation sites (tertiary alicyclic amines) is 1. The van der Waals surface area contributed by atoms with Crippen LogP contribution in [0.2, 0.25) is 0 Å². The molecule has 0 bridgehead atoms. The predicted molar refractivity (Wildman–Crippen MR) is 178 cm³/mol. The van der Waals surface area contributed by atoms with Gasteiger partial charge in [0.2, 0.25) is 5.91 Å². The molecule has 2 saturated heterocycles. The average Bonchev–Trinajstić information content (AvgIpc) is 3.04. The Labute approximate surface area is 273 Å². The van der Waals surface area contributed by atoms with E-state index in [1.807, 2.05) is 57.2 Å². The highest BCUT2D eigenvalue weighted by molar-refractivity contribution is 5.84. The van der Waals surface area contributed by atoms with E-state index >= 15 is 0 Å². The van der Waals surface area contributed by atoms with E-state index in [0.29, 0.717) is 24.2 Å². The summed E-state index contributed by atoms with van der Waals surface area (Å²) in [5, 5.41) is 15.6. The molecule has 250 valence electrons. The number of rotatable bonds is 9. The Morgan fingerprint density at radius 1 is 1.00 bits per heavy atom. The summed E-state index contributed by atoms with van der Waals surface area (Å²) >= 11 is 0. The Kier molecular flexibility index (Phi) is 11.2. The lowest BCUT2D eigenvalue weighted by Gasteiger charge is -2.51. The van der Waals surface area contributed by atoms with Crippen molar-refractivity contribution in [1.82, 2.24) is 10.2 Å². The molecule has 1 aliphatic carbocycles. The predicted octanol–water partition coefficient (Wildman–Crippen LogP) is 6.64. The summed E-state index contributed by atoms with van der Waals surface area (Å²) in [6.45, 7) is 12.6. The van der Waals surface area contributed by atoms with Crippen LogP contribution in [0, 0.1) is 11.8 Å². The van der Waals surface area contributed by atoms with Crippen LogP contribution >= 0.6 is 0 Å². The molecule has 2 heterocycles. The summed E-state index contributed by atoms with van der Waals surface area (Å²) in [5.41, 5.74) is 2.97. The number of piperidine rings is 1. The van der Waals surface area contributed by atoms with Crippen molar-refractivity contribution in [2.45, 2.75) is 109 Å². The van der Waals surface area contributed by atoms with Crippen LogP contribution < -0.4 is 10.6 Å². The van der Waals surface area contributed by atoms with E-state index in [1.165, 1.54) is 25.3 Å². The number of aliphatic hydroxyl groups is 1. The smallest absolute Gasteiger partial charge is 0.411 e. The molecule has 1 saturated carbocycles. The van der Waals surface area contributed by atoms with Crippen LogP contribution in [-0.4, -0.2) is 58.9 Å². The number of carbonyl (C=O) groups excluding carboxylic acids is 2. The summed E-state index contributed by atoms with van der Waals surface area (Å²) in [6, 6.07) is 15.4. The number of amides is 2. The van der Waals surface area contributed by atoms with Gasteiger partial charge in [0, 0.05) is 35.3 Å². The number of nitrogens with zero attached hydrogens (tertiary/aromatic N) is 1. The zero-order valence-corrected chi connectivity index (χ0v) is 27.7. The van der Waals surface area contributed by atoms with Crippen molar-refractivity contribution in [2.75, 3.05) is 18.5 Å². The fourth-order valence-corrected chi connectivity index (χ4v) is 7.28. The van der Waals surface area contributed by atoms with Crippen LogP contribution in [0.3, 0.4) is 0 Å². The molecular weight excluding hydrogens is 582 g/mol. The lowest BCUT2D eigenvalue weighted by Crippen LogP contribution is -2.61. The van der Waals surface area contributed by atoms with Crippen LogP contribution in [0.25, 0.3) is 0 Å². The van der Waals surface area contributed by atoms with E-state index in [9.17, 15) is 14.7 Å². The maximum atomic E-state index is 13.7. The molecule has 5 rings (SSSR count). The monoisotopic (exact) mass is 633 g/mol.